The molecule has 9 heteroatoms. The lowest BCUT2D eigenvalue weighted by Gasteiger charge is -2.30. The van der Waals surface area contributed by atoms with Crippen LogP contribution >= 0.6 is 11.6 Å². The standard InChI is InChI=1S/C20H22ClN3O4S/c21-17-7-6-16(20(26)24-10-8-15(9-11-24)19(22)25)12-18(17)29(27,28)23-13-14-4-2-1-3-5-14/h1-7,12,15,23H,8-11,13H2,(H2,22,25). The minimum absolute atomic E-state index is 0.0366. The van der Waals surface area contributed by atoms with Gasteiger partial charge >= 0.3 is 0 Å². The summed E-state index contributed by atoms with van der Waals surface area (Å²) in [5.74, 6) is -0.895. The summed E-state index contributed by atoms with van der Waals surface area (Å²) in [6.07, 6.45) is 0.997. The van der Waals surface area contributed by atoms with Crippen molar-refractivity contribution >= 4 is 33.4 Å². The number of benzene rings is 2. The fourth-order valence-electron chi connectivity index (χ4n) is 3.24. The van der Waals surface area contributed by atoms with Crippen molar-refractivity contribution in [2.45, 2.75) is 24.3 Å². The van der Waals surface area contributed by atoms with E-state index in [0.29, 0.717) is 25.9 Å². The Balaban J connectivity index is 1.75. The van der Waals surface area contributed by atoms with Gasteiger partial charge in [-0.05, 0) is 36.6 Å². The molecule has 1 heterocycles. The van der Waals surface area contributed by atoms with Gasteiger partial charge < -0.3 is 10.6 Å². The van der Waals surface area contributed by atoms with Gasteiger partial charge in [-0.3, -0.25) is 9.59 Å². The normalized spacial score (nSPS) is 15.3. The van der Waals surface area contributed by atoms with E-state index in [1.54, 1.807) is 17.0 Å². The lowest BCUT2D eigenvalue weighted by Crippen LogP contribution is -2.41. The first-order valence-electron chi connectivity index (χ1n) is 9.19. The van der Waals surface area contributed by atoms with Crippen molar-refractivity contribution in [1.82, 2.24) is 9.62 Å². The van der Waals surface area contributed by atoms with Gasteiger partial charge in [0.2, 0.25) is 15.9 Å². The molecule has 1 fully saturated rings. The van der Waals surface area contributed by atoms with Gasteiger partial charge in [0.1, 0.15) is 4.90 Å². The Morgan fingerprint density at radius 1 is 1.10 bits per heavy atom. The number of carbonyl (C=O) groups excluding carboxylic acids is 2. The topological polar surface area (TPSA) is 110 Å². The second-order valence-electron chi connectivity index (χ2n) is 6.92. The van der Waals surface area contributed by atoms with Crippen LogP contribution in [-0.2, 0) is 21.4 Å². The van der Waals surface area contributed by atoms with Crippen LogP contribution in [0.3, 0.4) is 0 Å². The molecule has 1 aliphatic rings. The van der Waals surface area contributed by atoms with Crippen molar-refractivity contribution in [1.29, 1.82) is 0 Å². The van der Waals surface area contributed by atoms with Crippen LogP contribution in [0.1, 0.15) is 28.8 Å². The Morgan fingerprint density at radius 2 is 1.76 bits per heavy atom. The van der Waals surface area contributed by atoms with Crippen molar-refractivity contribution in [2.24, 2.45) is 11.7 Å². The largest absolute Gasteiger partial charge is 0.369 e. The van der Waals surface area contributed by atoms with E-state index in [-0.39, 0.29) is 39.8 Å². The van der Waals surface area contributed by atoms with Crippen LogP contribution in [0, 0.1) is 5.92 Å². The lowest BCUT2D eigenvalue weighted by atomic mass is 9.96. The number of rotatable bonds is 6. The summed E-state index contributed by atoms with van der Waals surface area (Å²) in [5, 5.41) is 0.0366. The van der Waals surface area contributed by atoms with Crippen LogP contribution in [0.15, 0.2) is 53.4 Å². The van der Waals surface area contributed by atoms with Gasteiger partial charge in [-0.1, -0.05) is 41.9 Å². The first-order valence-corrected chi connectivity index (χ1v) is 11.1. The van der Waals surface area contributed by atoms with E-state index in [1.807, 2.05) is 18.2 Å². The Labute approximate surface area is 174 Å². The quantitative estimate of drug-likeness (QED) is 0.724. The van der Waals surface area contributed by atoms with E-state index in [2.05, 4.69) is 4.72 Å². The van der Waals surface area contributed by atoms with Crippen molar-refractivity contribution in [3.63, 3.8) is 0 Å². The molecule has 154 valence electrons. The van der Waals surface area contributed by atoms with Gasteiger partial charge in [0.25, 0.3) is 5.91 Å². The Kier molecular flexibility index (Phi) is 6.56. The first-order chi connectivity index (χ1) is 13.8. The molecule has 1 saturated heterocycles. The van der Waals surface area contributed by atoms with Crippen molar-refractivity contribution < 1.29 is 18.0 Å². The minimum atomic E-state index is -3.91. The Hall–Kier alpha value is -2.42. The first kappa shape index (κ1) is 21.3. The highest BCUT2D eigenvalue weighted by Crippen LogP contribution is 2.25. The molecule has 3 N–H and O–H groups in total. The number of amides is 2. The molecular formula is C20H22ClN3O4S. The maximum Gasteiger partial charge on any atom is 0.253 e. The summed E-state index contributed by atoms with van der Waals surface area (Å²) in [6, 6.07) is 13.3. The second-order valence-corrected chi connectivity index (χ2v) is 9.07. The van der Waals surface area contributed by atoms with Crippen LogP contribution in [-0.4, -0.2) is 38.2 Å². The zero-order chi connectivity index (χ0) is 21.0. The van der Waals surface area contributed by atoms with E-state index in [9.17, 15) is 18.0 Å². The van der Waals surface area contributed by atoms with Crippen LogP contribution < -0.4 is 10.5 Å². The number of likely N-dealkylation sites (tertiary alicyclic amines) is 1. The molecule has 0 unspecified atom stereocenters. The fraction of sp³-hybridized carbons (Fsp3) is 0.300. The average Bonchev–Trinajstić information content (AvgIpc) is 2.73. The van der Waals surface area contributed by atoms with Crippen molar-refractivity contribution in [3.8, 4) is 0 Å². The molecule has 0 atom stereocenters. The van der Waals surface area contributed by atoms with Crippen LogP contribution in [0.2, 0.25) is 5.02 Å². The molecule has 29 heavy (non-hydrogen) atoms. The van der Waals surface area contributed by atoms with E-state index in [1.165, 1.54) is 18.2 Å². The SMILES string of the molecule is NC(=O)C1CCN(C(=O)c2ccc(Cl)c(S(=O)(=O)NCc3ccccc3)c2)CC1. The molecular weight excluding hydrogens is 414 g/mol. The predicted octanol–water partition coefficient (Wildman–Crippen LogP) is 2.16. The minimum Gasteiger partial charge on any atom is -0.369 e. The summed E-state index contributed by atoms with van der Waals surface area (Å²) < 4.78 is 28.0. The molecule has 0 radical (unpaired) electrons. The number of halogens is 1. The van der Waals surface area contributed by atoms with Crippen molar-refractivity contribution in [2.75, 3.05) is 13.1 Å². The van der Waals surface area contributed by atoms with Crippen molar-refractivity contribution in [3.05, 3.63) is 64.7 Å². The number of hydrogen-bond donors (Lipinski definition) is 2. The lowest BCUT2D eigenvalue weighted by molar-refractivity contribution is -0.123. The number of primary amides is 1. The molecule has 0 saturated carbocycles. The average molecular weight is 436 g/mol. The number of nitrogens with two attached hydrogens (primary N) is 1. The maximum absolute atomic E-state index is 12.8. The smallest absolute Gasteiger partial charge is 0.253 e. The fourth-order valence-corrected chi connectivity index (χ4v) is 4.79. The summed E-state index contributed by atoms with van der Waals surface area (Å²) in [4.78, 5) is 25.5. The molecule has 7 nitrogen and oxygen atoms in total. The monoisotopic (exact) mass is 435 g/mol. The summed E-state index contributed by atoms with van der Waals surface area (Å²) in [7, 11) is -3.91. The number of nitrogens with one attached hydrogen (secondary N) is 1. The summed E-state index contributed by atoms with van der Waals surface area (Å²) in [5.41, 5.74) is 6.36. The highest BCUT2D eigenvalue weighted by Gasteiger charge is 2.27. The molecule has 1 aliphatic heterocycles. The van der Waals surface area contributed by atoms with Gasteiger partial charge in [-0.15, -0.1) is 0 Å². The van der Waals surface area contributed by atoms with Gasteiger partial charge in [0.05, 0.1) is 5.02 Å². The third-order valence-electron chi connectivity index (χ3n) is 4.96. The highest BCUT2D eigenvalue weighted by molar-refractivity contribution is 7.89. The number of sulfonamides is 1. The number of carbonyl (C=O) groups is 2. The molecule has 2 aromatic carbocycles. The molecule has 0 spiro atoms. The van der Waals surface area contributed by atoms with Crippen LogP contribution in [0.25, 0.3) is 0 Å². The molecule has 0 aromatic heterocycles. The van der Waals surface area contributed by atoms with Crippen LogP contribution in [0.5, 0.6) is 0 Å². The Bertz CT molecular complexity index is 1000. The third kappa shape index (κ3) is 5.14. The van der Waals surface area contributed by atoms with Gasteiger partial charge in [0, 0.05) is 31.1 Å². The summed E-state index contributed by atoms with van der Waals surface area (Å²) >= 11 is 6.11. The third-order valence-corrected chi connectivity index (χ3v) is 6.84. The van der Waals surface area contributed by atoms with Gasteiger partial charge in [-0.2, -0.15) is 0 Å². The van der Waals surface area contributed by atoms with Gasteiger partial charge in [-0.25, -0.2) is 13.1 Å². The van der Waals surface area contributed by atoms with Gasteiger partial charge in [0.15, 0.2) is 0 Å². The predicted molar refractivity (Wildman–Crippen MR) is 110 cm³/mol. The van der Waals surface area contributed by atoms with E-state index < -0.39 is 10.0 Å². The molecule has 0 aliphatic carbocycles. The number of piperidine rings is 1. The van der Waals surface area contributed by atoms with Crippen LogP contribution in [0.4, 0.5) is 0 Å². The zero-order valence-electron chi connectivity index (χ0n) is 15.7. The molecule has 0 bridgehead atoms. The second kappa shape index (κ2) is 8.94. The maximum atomic E-state index is 12.8. The van der Waals surface area contributed by atoms with E-state index in [0.717, 1.165) is 5.56 Å². The Morgan fingerprint density at radius 3 is 2.38 bits per heavy atom. The molecule has 2 aromatic rings. The van der Waals surface area contributed by atoms with E-state index >= 15 is 0 Å². The molecule has 3 rings (SSSR count). The summed E-state index contributed by atoms with van der Waals surface area (Å²) in [6.45, 7) is 0.894. The highest BCUT2D eigenvalue weighted by atomic mass is 35.5. The number of hydrogen-bond acceptors (Lipinski definition) is 4. The zero-order valence-corrected chi connectivity index (χ0v) is 17.2. The van der Waals surface area contributed by atoms with E-state index in [4.69, 9.17) is 17.3 Å². The molecule has 2 amide bonds. The number of nitrogens with zero attached hydrogens (tertiary/aromatic N) is 1.